The summed E-state index contributed by atoms with van der Waals surface area (Å²) in [4.78, 5) is 0. The van der Waals surface area contributed by atoms with Crippen molar-refractivity contribution in [1.82, 2.24) is 0 Å². The van der Waals surface area contributed by atoms with Crippen molar-refractivity contribution in [2.24, 2.45) is 0 Å². The summed E-state index contributed by atoms with van der Waals surface area (Å²) in [5, 5.41) is 0. The molecule has 0 unspecified atom stereocenters. The third-order valence-electron chi connectivity index (χ3n) is 0. The Bertz CT molecular complexity index is 6.00. The van der Waals surface area contributed by atoms with Gasteiger partial charge in [-0.15, -0.1) is 0 Å². The maximum atomic E-state index is 0. The van der Waals surface area contributed by atoms with Crippen molar-refractivity contribution in [3.63, 3.8) is 0 Å². The Morgan fingerprint density at radius 2 is 0.750 bits per heavy atom. The Morgan fingerprint density at radius 1 is 0.750 bits per heavy atom. The van der Waals surface area contributed by atoms with Gasteiger partial charge in [0.15, 0.2) is 0 Å². The van der Waals surface area contributed by atoms with Crippen LogP contribution >= 0.6 is 0 Å². The second-order valence-electron chi connectivity index (χ2n) is 0. The molecule has 0 aliphatic heterocycles. The monoisotopic (exact) mass is 346 g/mol. The van der Waals surface area contributed by atoms with Gasteiger partial charge < -0.3 is 11.0 Å². The first-order chi connectivity index (χ1) is 0. The van der Waals surface area contributed by atoms with Gasteiger partial charge in [-0.2, -0.15) is 0 Å². The van der Waals surface area contributed by atoms with E-state index in [0.717, 1.165) is 0 Å². The van der Waals surface area contributed by atoms with Gasteiger partial charge in [-0.05, 0) is 0 Å². The minimum Gasteiger partial charge on any atom is -2.00 e. The van der Waals surface area contributed by atoms with Crippen LogP contribution in [0.4, 0.5) is 0 Å². The predicted molar refractivity (Wildman–Crippen MR) is 1.37 cm³/mol. The number of hydrogen-bond donors (Lipinski definition) is 0. The zero-order valence-electron chi connectivity index (χ0n) is 1.58. The Labute approximate surface area is 97.0 Å². The van der Waals surface area contributed by atoms with Crippen molar-refractivity contribution < 1.29 is 99.6 Å². The minimum atomic E-state index is 0. The summed E-state index contributed by atoms with van der Waals surface area (Å²) >= 11 is 0. The second-order valence-corrected chi connectivity index (χ2v) is 0. The normalized spacial score (nSPS) is 0. The zero-order chi connectivity index (χ0) is 0. The molecule has 0 aliphatic rings. The summed E-state index contributed by atoms with van der Waals surface area (Å²) in [6.07, 6.45) is 0. The molecule has 0 aromatic heterocycles. The van der Waals surface area contributed by atoms with E-state index in [9.17, 15) is 0 Å². The molecule has 0 atom stereocenters. The van der Waals surface area contributed by atoms with Crippen molar-refractivity contribution in [2.75, 3.05) is 0 Å². The summed E-state index contributed by atoms with van der Waals surface area (Å²) < 4.78 is 0. The van der Waals surface area contributed by atoms with Gasteiger partial charge in [-0.25, -0.2) is 0 Å². The van der Waals surface area contributed by atoms with Gasteiger partial charge in [-0.3, -0.25) is 0 Å². The van der Waals surface area contributed by atoms with Crippen LogP contribution < -0.4 is 0 Å². The molecule has 0 spiro atoms. The Kier molecular flexibility index (Phi) is 124. The fourth-order valence-corrected chi connectivity index (χ4v) is 0. The number of rotatable bonds is 0. The fraction of sp³-hybridized carbons (Fsp3) is 0. The van der Waals surface area contributed by atoms with Gasteiger partial charge in [0.2, 0.25) is 0 Å². The molecule has 0 aromatic carbocycles. The fourth-order valence-electron chi connectivity index (χ4n) is 0. The molecule has 4 heteroatoms. The maximum Gasteiger partial charge on any atom is 3.00 e. The zero-order valence-corrected chi connectivity index (χ0v) is 6.44. The van der Waals surface area contributed by atoms with Gasteiger partial charge >= 0.3 is 88.7 Å². The van der Waals surface area contributed by atoms with E-state index in [4.69, 9.17) is 0 Å². The average molecular weight is 345 g/mol. The molecule has 0 saturated carbocycles. The van der Waals surface area contributed by atoms with Crippen LogP contribution in [0.3, 0.4) is 0 Å². The molecular formula is CeO2Yb+2. The summed E-state index contributed by atoms with van der Waals surface area (Å²) in [6, 6.07) is 0. The van der Waals surface area contributed by atoms with Crippen molar-refractivity contribution in [3.8, 4) is 0 Å². The summed E-state index contributed by atoms with van der Waals surface area (Å²) in [5.74, 6) is 0. The molecule has 2 radical (unpaired) electrons. The number of hydrogen-bond acceptors (Lipinski definition) is 0. The molecule has 28 valence electrons. The van der Waals surface area contributed by atoms with Crippen LogP contribution in [0.5, 0.6) is 0 Å². The van der Waals surface area contributed by atoms with Crippen LogP contribution in [0.15, 0.2) is 0 Å². The van der Waals surface area contributed by atoms with Crippen molar-refractivity contribution in [1.29, 1.82) is 0 Å². The van der Waals surface area contributed by atoms with Crippen LogP contribution in [0.2, 0.25) is 0 Å². The van der Waals surface area contributed by atoms with E-state index in [1.807, 2.05) is 0 Å². The first kappa shape index (κ1) is 29.1. The summed E-state index contributed by atoms with van der Waals surface area (Å²) in [5.41, 5.74) is 0. The van der Waals surface area contributed by atoms with E-state index >= 15 is 0 Å². The molecule has 0 bridgehead atoms. The van der Waals surface area contributed by atoms with Crippen molar-refractivity contribution in [3.05, 3.63) is 0 Å². The molecule has 0 rings (SSSR count). The van der Waals surface area contributed by atoms with Crippen molar-refractivity contribution >= 4 is 0 Å². The van der Waals surface area contributed by atoms with Gasteiger partial charge in [0.1, 0.15) is 0 Å². The third kappa shape index (κ3) is 8.84. The van der Waals surface area contributed by atoms with Crippen LogP contribution in [0, 0.1) is 88.7 Å². The Balaban J connectivity index is 0. The first-order valence-corrected chi connectivity index (χ1v) is 0. The largest absolute Gasteiger partial charge is 3.00 e. The standard InChI is InChI=1S/Ce.2O.Yb/q+3;2*-2;+3. The van der Waals surface area contributed by atoms with Crippen LogP contribution in [-0.2, 0) is 11.0 Å². The molecular weight excluding hydrogens is 345 g/mol. The van der Waals surface area contributed by atoms with Crippen LogP contribution in [0.25, 0.3) is 0 Å². The van der Waals surface area contributed by atoms with E-state index in [1.165, 1.54) is 0 Å². The quantitative estimate of drug-likeness (QED) is 0.582. The topological polar surface area (TPSA) is 57.0 Å². The minimum absolute atomic E-state index is 0. The van der Waals surface area contributed by atoms with Gasteiger partial charge in [0, 0.05) is 0 Å². The molecule has 0 aromatic rings. The third-order valence-corrected chi connectivity index (χ3v) is 0. The van der Waals surface area contributed by atoms with Gasteiger partial charge in [0.05, 0.1) is 0 Å². The van der Waals surface area contributed by atoms with Gasteiger partial charge in [-0.1, -0.05) is 0 Å². The smallest absolute Gasteiger partial charge is 2.00 e. The molecule has 2 nitrogen and oxygen atoms in total. The van der Waals surface area contributed by atoms with Crippen LogP contribution in [-0.4, -0.2) is 0 Å². The Morgan fingerprint density at radius 3 is 0.750 bits per heavy atom. The predicted octanol–water partition coefficient (Wildman–Crippen LogP) is -0.238. The average Bonchev–Trinajstić information content (AvgIpc) is 0. The van der Waals surface area contributed by atoms with Gasteiger partial charge in [0.25, 0.3) is 0 Å². The molecule has 0 saturated heterocycles. The van der Waals surface area contributed by atoms with Crippen molar-refractivity contribution in [2.45, 2.75) is 0 Å². The first-order valence-electron chi connectivity index (χ1n) is 0. The summed E-state index contributed by atoms with van der Waals surface area (Å²) in [6.45, 7) is 0. The Hall–Kier alpha value is 2.82. The van der Waals surface area contributed by atoms with E-state index in [-0.39, 0.29) is 99.6 Å². The SMILES string of the molecule is [Ce+3].[O-2].[O-2].[Yb+3]. The molecule has 0 amide bonds. The van der Waals surface area contributed by atoms with Crippen LogP contribution in [0.1, 0.15) is 0 Å². The molecule has 0 N–H and O–H groups in total. The maximum absolute atomic E-state index is 0. The van der Waals surface area contributed by atoms with E-state index < -0.39 is 0 Å². The summed E-state index contributed by atoms with van der Waals surface area (Å²) in [7, 11) is 0. The van der Waals surface area contributed by atoms with E-state index in [0.29, 0.717) is 0 Å². The molecule has 0 aliphatic carbocycles. The van der Waals surface area contributed by atoms with E-state index in [1.54, 1.807) is 0 Å². The molecule has 4 heavy (non-hydrogen) atoms. The molecule has 0 heterocycles. The van der Waals surface area contributed by atoms with E-state index in [2.05, 4.69) is 0 Å². The molecule has 0 fully saturated rings. The second kappa shape index (κ2) is 17.0.